The zero-order valence-electron chi connectivity index (χ0n) is 33.4. The number of benzene rings is 1. The van der Waals surface area contributed by atoms with Crippen LogP contribution in [0.15, 0.2) is 77.2 Å². The van der Waals surface area contributed by atoms with Crippen LogP contribution < -0.4 is 35.5 Å². The molecule has 1 saturated heterocycles. The SMILES string of the molecule is COc1ccc(Cn2nnnc2C=Cc2c(N3CCC[C@@H](OC(=O)NCc4cccc[n+]4CC(=O)[O-])C3)nc3cc(C(=O)Nc4nc(C(C)(C)C)cs4)ccn3c2=O)cc1. The predicted octanol–water partition coefficient (Wildman–Crippen LogP) is 2.85. The van der Waals surface area contributed by atoms with E-state index in [4.69, 9.17) is 14.5 Å². The summed E-state index contributed by atoms with van der Waals surface area (Å²) in [6.07, 6.45) is 6.24. The van der Waals surface area contributed by atoms with E-state index in [1.165, 1.54) is 26.5 Å². The lowest BCUT2D eigenvalue weighted by Gasteiger charge is -2.33. The van der Waals surface area contributed by atoms with Gasteiger partial charge in [-0.1, -0.05) is 39.0 Å². The van der Waals surface area contributed by atoms with Crippen molar-refractivity contribution in [3.8, 4) is 5.75 Å². The third-order valence-electron chi connectivity index (χ3n) is 9.75. The van der Waals surface area contributed by atoms with Crippen LogP contribution in [0.25, 0.3) is 17.8 Å². The minimum atomic E-state index is -1.26. The number of carbonyl (C=O) groups excluding carboxylic acids is 3. The van der Waals surface area contributed by atoms with Gasteiger partial charge in [0.25, 0.3) is 11.5 Å². The molecule has 0 spiro atoms. The van der Waals surface area contributed by atoms with Crippen molar-refractivity contribution in [1.82, 2.24) is 39.9 Å². The fraction of sp³-hybridized carbons (Fsp3) is 0.317. The lowest BCUT2D eigenvalue weighted by Crippen LogP contribution is -2.48. The number of carboxylic acid groups (broad SMARTS) is 1. The van der Waals surface area contributed by atoms with Crippen LogP contribution in [0.5, 0.6) is 5.75 Å². The smallest absolute Gasteiger partial charge is 0.407 e. The van der Waals surface area contributed by atoms with Gasteiger partial charge in [-0.2, -0.15) is 4.57 Å². The molecule has 6 heterocycles. The van der Waals surface area contributed by atoms with E-state index in [9.17, 15) is 24.3 Å². The Labute approximate surface area is 348 Å². The lowest BCUT2D eigenvalue weighted by molar-refractivity contribution is -0.698. The molecular formula is C41H43N11O7S. The first-order valence-corrected chi connectivity index (χ1v) is 20.0. The highest BCUT2D eigenvalue weighted by atomic mass is 32.1. The highest BCUT2D eigenvalue weighted by Crippen LogP contribution is 2.28. The summed E-state index contributed by atoms with van der Waals surface area (Å²) in [7, 11) is 1.60. The zero-order chi connectivity index (χ0) is 42.4. The monoisotopic (exact) mass is 833 g/mol. The van der Waals surface area contributed by atoms with Crippen LogP contribution in [0.2, 0.25) is 0 Å². The molecule has 0 unspecified atom stereocenters. The van der Waals surface area contributed by atoms with Gasteiger partial charge in [-0.05, 0) is 65.2 Å². The normalized spacial score (nSPS) is 14.3. The summed E-state index contributed by atoms with van der Waals surface area (Å²) >= 11 is 1.33. The number of aromatic nitrogens is 8. The van der Waals surface area contributed by atoms with Crippen LogP contribution >= 0.6 is 11.3 Å². The maximum absolute atomic E-state index is 14.4. The number of nitrogens with zero attached hydrogens (tertiary/aromatic N) is 9. The van der Waals surface area contributed by atoms with Crippen molar-refractivity contribution in [2.45, 2.75) is 64.8 Å². The Hall–Kier alpha value is -7.02. The number of anilines is 2. The molecule has 60 heavy (non-hydrogen) atoms. The number of ether oxygens (including phenoxy) is 2. The highest BCUT2D eigenvalue weighted by molar-refractivity contribution is 7.14. The van der Waals surface area contributed by atoms with Crippen LogP contribution in [0.1, 0.15) is 72.3 Å². The fourth-order valence-corrected chi connectivity index (χ4v) is 7.50. The molecule has 2 N–H and O–H groups in total. The summed E-state index contributed by atoms with van der Waals surface area (Å²) in [6, 6.07) is 15.7. The van der Waals surface area contributed by atoms with E-state index in [2.05, 4.69) is 31.1 Å². The van der Waals surface area contributed by atoms with E-state index < -0.39 is 29.6 Å². The molecule has 0 saturated carbocycles. The van der Waals surface area contributed by atoms with Gasteiger partial charge in [0.05, 0.1) is 31.5 Å². The Balaban J connectivity index is 1.16. The van der Waals surface area contributed by atoms with E-state index in [0.717, 1.165) is 17.0 Å². The average molecular weight is 834 g/mol. The Bertz CT molecular complexity index is 2610. The lowest BCUT2D eigenvalue weighted by atomic mass is 9.93. The molecule has 1 fully saturated rings. The molecule has 1 aliphatic rings. The van der Waals surface area contributed by atoms with Crippen molar-refractivity contribution in [2.75, 3.05) is 30.4 Å². The number of aliphatic carboxylic acids is 1. The van der Waals surface area contributed by atoms with Crippen molar-refractivity contribution in [3.63, 3.8) is 0 Å². The van der Waals surface area contributed by atoms with Gasteiger partial charge >= 0.3 is 6.09 Å². The number of rotatable bonds is 13. The molecule has 2 amide bonds. The van der Waals surface area contributed by atoms with Crippen LogP contribution in [0, 0.1) is 0 Å². The van der Waals surface area contributed by atoms with Gasteiger partial charge in [0.15, 0.2) is 23.7 Å². The van der Waals surface area contributed by atoms with Crippen molar-refractivity contribution >= 4 is 58.1 Å². The zero-order valence-corrected chi connectivity index (χ0v) is 34.2. The number of tetrazole rings is 1. The molecule has 1 aliphatic heterocycles. The number of amides is 2. The largest absolute Gasteiger partial charge is 0.544 e. The summed E-state index contributed by atoms with van der Waals surface area (Å²) in [6.45, 7) is 6.85. The minimum Gasteiger partial charge on any atom is -0.544 e. The first-order chi connectivity index (χ1) is 28.8. The predicted molar refractivity (Wildman–Crippen MR) is 219 cm³/mol. The molecule has 0 bridgehead atoms. The second-order valence-corrected chi connectivity index (χ2v) is 15.9. The van der Waals surface area contributed by atoms with Gasteiger partial charge in [-0.15, -0.1) is 16.4 Å². The minimum absolute atomic E-state index is 0.0233. The Morgan fingerprint density at radius 1 is 1.08 bits per heavy atom. The number of thiazole rings is 1. The summed E-state index contributed by atoms with van der Waals surface area (Å²) in [5, 5.41) is 31.3. The van der Waals surface area contributed by atoms with Crippen molar-refractivity contribution in [2.24, 2.45) is 0 Å². The van der Waals surface area contributed by atoms with Crippen LogP contribution in [-0.2, 0) is 34.6 Å². The molecule has 0 radical (unpaired) electrons. The average Bonchev–Trinajstić information content (AvgIpc) is 3.90. The number of methoxy groups -OCH3 is 1. The van der Waals surface area contributed by atoms with E-state index in [0.29, 0.717) is 48.4 Å². The summed E-state index contributed by atoms with van der Waals surface area (Å²) < 4.78 is 15.5. The number of nitrogens with one attached hydrogen (secondary N) is 2. The number of alkyl carbamates (subject to hydrolysis) is 1. The molecule has 19 heteroatoms. The van der Waals surface area contributed by atoms with E-state index in [-0.39, 0.29) is 41.8 Å². The number of piperidine rings is 1. The van der Waals surface area contributed by atoms with Crippen molar-refractivity contribution in [1.29, 1.82) is 0 Å². The first kappa shape index (κ1) is 41.2. The van der Waals surface area contributed by atoms with Crippen LogP contribution in [-0.4, -0.2) is 78.8 Å². The Morgan fingerprint density at radius 3 is 2.65 bits per heavy atom. The highest BCUT2D eigenvalue weighted by Gasteiger charge is 2.28. The maximum Gasteiger partial charge on any atom is 0.407 e. The molecule has 7 rings (SSSR count). The fourth-order valence-electron chi connectivity index (χ4n) is 6.57. The third-order valence-corrected chi connectivity index (χ3v) is 10.5. The topological polar surface area (TPSA) is 215 Å². The third kappa shape index (κ3) is 9.80. The maximum atomic E-state index is 14.4. The van der Waals surface area contributed by atoms with Gasteiger partial charge in [0.1, 0.15) is 35.8 Å². The first-order valence-electron chi connectivity index (χ1n) is 19.1. The van der Waals surface area contributed by atoms with Gasteiger partial charge in [-0.25, -0.2) is 19.4 Å². The molecular weight excluding hydrogens is 791 g/mol. The standard InChI is InChI=1S/C41H43N11O7S/c1-41(2,3)32-25-60-39(43-32)45-37(55)27-16-19-51-34(20-27)44-36(31(38(51)56)14-15-33-46-47-48-52(33)22-26-10-12-29(58-4)13-11-26)50-18-7-9-30(23-50)59-40(57)42-21-28-8-5-6-17-49(28)24-35(53)54/h5-6,8,10-17,19-20,25,30H,7,9,18,21-24H2,1-4H3,(H2-,42,43,45,53,54,55,57)/t30-/m1/s1. The quantitative estimate of drug-likeness (QED) is 0.160. The number of carboxylic acids is 1. The van der Waals surface area contributed by atoms with E-state index in [1.54, 1.807) is 60.5 Å². The number of carbonyl (C=O) groups is 3. The van der Waals surface area contributed by atoms with E-state index >= 15 is 0 Å². The second-order valence-electron chi connectivity index (χ2n) is 15.1. The summed E-state index contributed by atoms with van der Waals surface area (Å²) in [5.74, 6) is -0.240. The number of hydrogen-bond acceptors (Lipinski definition) is 14. The van der Waals surface area contributed by atoms with Gasteiger partial charge in [0, 0.05) is 41.2 Å². The molecule has 310 valence electrons. The number of fused-ring (bicyclic) bond motifs is 1. The van der Waals surface area contributed by atoms with Gasteiger partial charge in [-0.3, -0.25) is 19.3 Å². The molecule has 1 aromatic carbocycles. The number of hydrogen-bond donors (Lipinski definition) is 2. The van der Waals surface area contributed by atoms with Crippen molar-refractivity contribution < 1.29 is 33.5 Å². The Kier molecular flexibility index (Phi) is 12.2. The van der Waals surface area contributed by atoms with E-state index in [1.807, 2.05) is 55.3 Å². The van der Waals surface area contributed by atoms with Gasteiger partial charge in [0.2, 0.25) is 5.69 Å². The molecule has 18 nitrogen and oxygen atoms in total. The molecule has 0 aliphatic carbocycles. The summed E-state index contributed by atoms with van der Waals surface area (Å²) in [5.41, 5.74) is 2.47. The van der Waals surface area contributed by atoms with Gasteiger partial charge < -0.3 is 29.6 Å². The molecule has 6 aromatic rings. The van der Waals surface area contributed by atoms with Crippen LogP contribution in [0.4, 0.5) is 15.7 Å². The van der Waals surface area contributed by atoms with Crippen molar-refractivity contribution in [3.05, 3.63) is 117 Å². The molecule has 1 atom stereocenters. The number of pyridine rings is 2. The second kappa shape index (κ2) is 17.9. The molecule has 5 aromatic heterocycles. The van der Waals surface area contributed by atoms with Crippen LogP contribution in [0.3, 0.4) is 0 Å². The summed E-state index contributed by atoms with van der Waals surface area (Å²) in [4.78, 5) is 63.4. The Morgan fingerprint density at radius 2 is 1.90 bits per heavy atom.